The number of nitro groups is 1. The molecule has 7 heteroatoms. The predicted octanol–water partition coefficient (Wildman–Crippen LogP) is 3.45. The number of rotatable bonds is 3. The highest BCUT2D eigenvalue weighted by molar-refractivity contribution is 8.00. The molecular weight excluding hydrogens is 298 g/mol. The van der Waals surface area contributed by atoms with E-state index in [2.05, 4.69) is 0 Å². The number of nitro benzene ring substituents is 1. The van der Waals surface area contributed by atoms with E-state index in [1.807, 2.05) is 11.8 Å². The van der Waals surface area contributed by atoms with Gasteiger partial charge in [0.05, 0.1) is 17.1 Å². The minimum atomic E-state index is -0.848. The van der Waals surface area contributed by atoms with Crippen LogP contribution >= 0.6 is 11.8 Å². The molecule has 2 aliphatic heterocycles. The summed E-state index contributed by atoms with van der Waals surface area (Å²) in [5.74, 6) is 2.10. The van der Waals surface area contributed by atoms with Crippen LogP contribution < -0.4 is 4.90 Å². The minimum absolute atomic E-state index is 0.123. The molecule has 2 heterocycles. The number of anilines is 1. The molecule has 0 unspecified atom stereocenters. The lowest BCUT2D eigenvalue weighted by molar-refractivity contribution is -0.385. The van der Waals surface area contributed by atoms with E-state index in [0.29, 0.717) is 19.0 Å². The van der Waals surface area contributed by atoms with E-state index < -0.39 is 22.2 Å². The number of piperidine rings is 1. The van der Waals surface area contributed by atoms with Gasteiger partial charge in [0.25, 0.3) is 5.69 Å². The SMILES string of the molecule is O=[N+]([O-])c1cc(F)c(N2CCC(C3CSC3)CC2)c(F)c1. The molecule has 0 aliphatic carbocycles. The molecular formula is C14H16F2N2O2S. The van der Waals surface area contributed by atoms with Gasteiger partial charge in [-0.05, 0) is 36.2 Å². The second kappa shape index (κ2) is 5.79. The van der Waals surface area contributed by atoms with E-state index in [0.717, 1.165) is 30.9 Å². The third-order valence-corrected chi connectivity index (χ3v) is 5.73. The molecule has 0 N–H and O–H groups in total. The molecule has 3 rings (SSSR count). The van der Waals surface area contributed by atoms with Gasteiger partial charge in [-0.15, -0.1) is 0 Å². The van der Waals surface area contributed by atoms with Gasteiger partial charge >= 0.3 is 0 Å². The van der Waals surface area contributed by atoms with E-state index in [-0.39, 0.29) is 5.69 Å². The lowest BCUT2D eigenvalue weighted by Crippen LogP contribution is -2.40. The smallest absolute Gasteiger partial charge is 0.275 e. The molecule has 4 nitrogen and oxygen atoms in total. The molecule has 0 radical (unpaired) electrons. The molecule has 0 saturated carbocycles. The summed E-state index contributed by atoms with van der Waals surface area (Å²) in [5.41, 5.74) is -0.669. The van der Waals surface area contributed by atoms with Crippen molar-refractivity contribution in [1.29, 1.82) is 0 Å². The van der Waals surface area contributed by atoms with Crippen LogP contribution in [0.4, 0.5) is 20.2 Å². The Morgan fingerprint density at radius 3 is 2.14 bits per heavy atom. The van der Waals surface area contributed by atoms with Gasteiger partial charge in [-0.25, -0.2) is 8.78 Å². The summed E-state index contributed by atoms with van der Waals surface area (Å²) in [7, 11) is 0. The second-order valence-electron chi connectivity index (χ2n) is 5.64. The highest BCUT2D eigenvalue weighted by Crippen LogP contribution is 2.38. The lowest BCUT2D eigenvalue weighted by atomic mass is 9.86. The fraction of sp³-hybridized carbons (Fsp3) is 0.571. The Labute approximate surface area is 125 Å². The molecule has 0 atom stereocenters. The van der Waals surface area contributed by atoms with Crippen molar-refractivity contribution < 1.29 is 13.7 Å². The zero-order valence-corrected chi connectivity index (χ0v) is 12.2. The highest BCUT2D eigenvalue weighted by atomic mass is 32.2. The lowest BCUT2D eigenvalue weighted by Gasteiger charge is -2.40. The molecule has 0 amide bonds. The largest absolute Gasteiger partial charge is 0.367 e. The molecule has 0 aromatic heterocycles. The monoisotopic (exact) mass is 314 g/mol. The molecule has 1 aromatic carbocycles. The first-order chi connectivity index (χ1) is 10.1. The first-order valence-corrected chi connectivity index (χ1v) is 8.18. The average Bonchev–Trinajstić information content (AvgIpc) is 2.37. The van der Waals surface area contributed by atoms with Gasteiger partial charge in [0, 0.05) is 13.1 Å². The van der Waals surface area contributed by atoms with Crippen LogP contribution in [0.15, 0.2) is 12.1 Å². The van der Waals surface area contributed by atoms with Gasteiger partial charge in [0.1, 0.15) is 5.69 Å². The highest BCUT2D eigenvalue weighted by Gasteiger charge is 2.32. The van der Waals surface area contributed by atoms with Crippen LogP contribution in [0.3, 0.4) is 0 Å². The maximum Gasteiger partial charge on any atom is 0.275 e. The van der Waals surface area contributed by atoms with Crippen LogP contribution in [0.25, 0.3) is 0 Å². The number of nitrogens with zero attached hydrogens (tertiary/aromatic N) is 2. The summed E-state index contributed by atoms with van der Waals surface area (Å²) in [6, 6.07) is 1.60. The standard InChI is InChI=1S/C14H16F2N2O2S/c15-12-5-11(18(19)20)6-13(16)14(12)17-3-1-9(2-4-17)10-7-21-8-10/h5-6,9-10H,1-4,7-8H2. The molecule has 1 aromatic rings. The normalized spacial score (nSPS) is 20.4. The number of hydrogen-bond acceptors (Lipinski definition) is 4. The van der Waals surface area contributed by atoms with E-state index in [1.54, 1.807) is 4.90 Å². The molecule has 2 fully saturated rings. The summed E-state index contributed by atoms with van der Waals surface area (Å²) in [4.78, 5) is 11.5. The molecule has 2 saturated heterocycles. The third kappa shape index (κ3) is 2.84. The van der Waals surface area contributed by atoms with Crippen molar-refractivity contribution in [2.24, 2.45) is 11.8 Å². The van der Waals surface area contributed by atoms with Crippen LogP contribution in [0.1, 0.15) is 12.8 Å². The van der Waals surface area contributed by atoms with Gasteiger partial charge in [0.2, 0.25) is 0 Å². The fourth-order valence-electron chi connectivity index (χ4n) is 3.08. The zero-order chi connectivity index (χ0) is 15.0. The first-order valence-electron chi connectivity index (χ1n) is 7.02. The Hall–Kier alpha value is -1.37. The van der Waals surface area contributed by atoms with Crippen molar-refractivity contribution in [3.05, 3.63) is 33.9 Å². The second-order valence-corrected chi connectivity index (χ2v) is 6.71. The summed E-state index contributed by atoms with van der Waals surface area (Å²) in [6.45, 7) is 1.22. The summed E-state index contributed by atoms with van der Waals surface area (Å²) in [5, 5.41) is 10.6. The topological polar surface area (TPSA) is 46.4 Å². The van der Waals surface area contributed by atoms with E-state index in [4.69, 9.17) is 0 Å². The summed E-state index contributed by atoms with van der Waals surface area (Å²) < 4.78 is 28.0. The van der Waals surface area contributed by atoms with Crippen molar-refractivity contribution in [2.75, 3.05) is 29.5 Å². The number of non-ortho nitro benzene ring substituents is 1. The van der Waals surface area contributed by atoms with Crippen LogP contribution in [-0.4, -0.2) is 29.5 Å². The number of benzene rings is 1. The summed E-state index contributed by atoms with van der Waals surface area (Å²) >= 11 is 1.95. The van der Waals surface area contributed by atoms with Gasteiger partial charge in [-0.1, -0.05) is 0 Å². The maximum atomic E-state index is 14.0. The maximum absolute atomic E-state index is 14.0. The van der Waals surface area contributed by atoms with Crippen molar-refractivity contribution in [1.82, 2.24) is 0 Å². The van der Waals surface area contributed by atoms with Crippen LogP contribution in [0, 0.1) is 33.6 Å². The zero-order valence-electron chi connectivity index (χ0n) is 11.4. The molecule has 2 aliphatic rings. The van der Waals surface area contributed by atoms with E-state index in [9.17, 15) is 18.9 Å². The van der Waals surface area contributed by atoms with Crippen molar-refractivity contribution in [2.45, 2.75) is 12.8 Å². The van der Waals surface area contributed by atoms with Crippen molar-refractivity contribution >= 4 is 23.1 Å². The van der Waals surface area contributed by atoms with E-state index >= 15 is 0 Å². The molecule has 0 spiro atoms. The number of hydrogen-bond donors (Lipinski definition) is 0. The Bertz CT molecular complexity index is 535. The molecule has 114 valence electrons. The third-order valence-electron chi connectivity index (χ3n) is 4.40. The van der Waals surface area contributed by atoms with E-state index in [1.165, 1.54) is 11.5 Å². The molecule has 0 bridgehead atoms. The predicted molar refractivity (Wildman–Crippen MR) is 78.8 cm³/mol. The minimum Gasteiger partial charge on any atom is -0.367 e. The number of thioether (sulfide) groups is 1. The van der Waals surface area contributed by atoms with Gasteiger partial charge in [-0.3, -0.25) is 10.1 Å². The van der Waals surface area contributed by atoms with Crippen LogP contribution in [0.5, 0.6) is 0 Å². The van der Waals surface area contributed by atoms with Crippen LogP contribution in [-0.2, 0) is 0 Å². The van der Waals surface area contributed by atoms with Gasteiger partial charge in [0.15, 0.2) is 11.6 Å². The molecule has 21 heavy (non-hydrogen) atoms. The van der Waals surface area contributed by atoms with Crippen molar-refractivity contribution in [3.8, 4) is 0 Å². The fourth-order valence-corrected chi connectivity index (χ4v) is 4.13. The first kappa shape index (κ1) is 14.6. The Balaban J connectivity index is 1.74. The quantitative estimate of drug-likeness (QED) is 0.633. The summed E-state index contributed by atoms with van der Waals surface area (Å²) in [6.07, 6.45) is 1.86. The van der Waals surface area contributed by atoms with Gasteiger partial charge < -0.3 is 4.90 Å². The Kier molecular flexibility index (Phi) is 4.01. The average molecular weight is 314 g/mol. The van der Waals surface area contributed by atoms with Crippen molar-refractivity contribution in [3.63, 3.8) is 0 Å². The van der Waals surface area contributed by atoms with Crippen LogP contribution in [0.2, 0.25) is 0 Å². The Morgan fingerprint density at radius 2 is 1.71 bits per heavy atom. The van der Waals surface area contributed by atoms with Gasteiger partial charge in [-0.2, -0.15) is 11.8 Å². The Morgan fingerprint density at radius 1 is 1.14 bits per heavy atom. The number of halogens is 2.